The highest BCUT2D eigenvalue weighted by Crippen LogP contribution is 2.46. The molecule has 2 aliphatic carbocycles. The molecule has 2 aliphatic rings. The number of nitrogens with zero attached hydrogens (tertiary/aromatic N) is 3. The molecule has 0 aliphatic heterocycles. The number of thiophene rings is 1. The Kier molecular flexibility index (Phi) is 4.45. The summed E-state index contributed by atoms with van der Waals surface area (Å²) in [6, 6.07) is 0.666. The number of aryl methyl sites for hydroxylation is 1. The van der Waals surface area contributed by atoms with Crippen LogP contribution >= 0.6 is 11.3 Å². The summed E-state index contributed by atoms with van der Waals surface area (Å²) in [4.78, 5) is 13.6. The van der Waals surface area contributed by atoms with E-state index in [4.69, 9.17) is 4.74 Å². The van der Waals surface area contributed by atoms with Crippen molar-refractivity contribution < 1.29 is 9.84 Å². The third-order valence-corrected chi connectivity index (χ3v) is 6.74. The maximum atomic E-state index is 9.70. The van der Waals surface area contributed by atoms with Crippen molar-refractivity contribution in [3.63, 3.8) is 0 Å². The van der Waals surface area contributed by atoms with Gasteiger partial charge >= 0.3 is 0 Å². The number of rotatable bonds is 4. The summed E-state index contributed by atoms with van der Waals surface area (Å²) in [5.74, 6) is 0.942. The maximum absolute atomic E-state index is 9.70. The fourth-order valence-electron chi connectivity index (χ4n) is 4.15. The van der Waals surface area contributed by atoms with Gasteiger partial charge in [-0.05, 0) is 58.2 Å². The molecule has 4 rings (SSSR count). The first-order valence-electron chi connectivity index (χ1n) is 8.87. The van der Waals surface area contributed by atoms with E-state index in [0.29, 0.717) is 6.04 Å². The molecule has 1 saturated carbocycles. The van der Waals surface area contributed by atoms with Crippen LogP contribution in [-0.2, 0) is 6.42 Å². The molecule has 2 aromatic rings. The van der Waals surface area contributed by atoms with Crippen molar-refractivity contribution in [2.75, 3.05) is 20.7 Å². The van der Waals surface area contributed by atoms with Gasteiger partial charge in [0.1, 0.15) is 17.3 Å². The topological polar surface area (TPSA) is 58.5 Å². The van der Waals surface area contributed by atoms with Crippen LogP contribution in [0.5, 0.6) is 5.88 Å². The molecule has 0 amide bonds. The molecule has 2 heterocycles. The number of aliphatic hydroxyl groups excluding tert-OH is 1. The van der Waals surface area contributed by atoms with Gasteiger partial charge in [0.2, 0.25) is 5.88 Å². The first-order chi connectivity index (χ1) is 11.7. The molecule has 0 saturated heterocycles. The molecule has 1 fully saturated rings. The highest BCUT2D eigenvalue weighted by Gasteiger charge is 2.31. The lowest BCUT2D eigenvalue weighted by Crippen LogP contribution is -2.35. The minimum atomic E-state index is 0.196. The fourth-order valence-corrected chi connectivity index (χ4v) is 5.38. The van der Waals surface area contributed by atoms with Crippen molar-refractivity contribution >= 4 is 21.6 Å². The van der Waals surface area contributed by atoms with Gasteiger partial charge in [0, 0.05) is 16.8 Å². The summed E-state index contributed by atoms with van der Waals surface area (Å²) in [6.45, 7) is 0.196. The first kappa shape index (κ1) is 16.2. The zero-order valence-corrected chi connectivity index (χ0v) is 15.2. The Labute approximate surface area is 146 Å². The van der Waals surface area contributed by atoms with Crippen molar-refractivity contribution in [2.45, 2.75) is 56.6 Å². The summed E-state index contributed by atoms with van der Waals surface area (Å²) >= 11 is 1.74. The van der Waals surface area contributed by atoms with E-state index in [0.717, 1.165) is 41.8 Å². The normalized spacial score (nSPS) is 26.9. The molecule has 0 bridgehead atoms. The second-order valence-corrected chi connectivity index (χ2v) is 8.31. The number of hydrogen-bond donors (Lipinski definition) is 1. The molecule has 0 radical (unpaired) electrons. The van der Waals surface area contributed by atoms with Gasteiger partial charge in [0.25, 0.3) is 0 Å². The predicted molar refractivity (Wildman–Crippen MR) is 95.9 cm³/mol. The van der Waals surface area contributed by atoms with Crippen LogP contribution < -0.4 is 4.74 Å². The van der Waals surface area contributed by atoms with Crippen LogP contribution in [0.4, 0.5) is 0 Å². The minimum Gasteiger partial charge on any atom is -0.474 e. The van der Waals surface area contributed by atoms with Crippen molar-refractivity contribution in [3.8, 4) is 5.88 Å². The van der Waals surface area contributed by atoms with Gasteiger partial charge in [0.15, 0.2) is 0 Å². The molecule has 0 spiro atoms. The summed E-state index contributed by atoms with van der Waals surface area (Å²) in [5, 5.41) is 10.8. The van der Waals surface area contributed by atoms with Crippen LogP contribution in [0.3, 0.4) is 0 Å². The van der Waals surface area contributed by atoms with Gasteiger partial charge in [-0.25, -0.2) is 9.97 Å². The lowest BCUT2D eigenvalue weighted by molar-refractivity contribution is 0.108. The largest absolute Gasteiger partial charge is 0.474 e. The molecule has 0 aromatic carbocycles. The van der Waals surface area contributed by atoms with Crippen molar-refractivity contribution in [2.24, 2.45) is 0 Å². The number of aromatic nitrogens is 2. The molecule has 0 unspecified atom stereocenters. The van der Waals surface area contributed by atoms with E-state index in [2.05, 4.69) is 29.0 Å². The second-order valence-electron chi connectivity index (χ2n) is 7.23. The highest BCUT2D eigenvalue weighted by atomic mass is 32.1. The van der Waals surface area contributed by atoms with Crippen LogP contribution in [0, 0.1) is 0 Å². The summed E-state index contributed by atoms with van der Waals surface area (Å²) in [6.07, 6.45) is 8.41. The molecule has 5 nitrogen and oxygen atoms in total. The quantitative estimate of drug-likeness (QED) is 0.921. The Morgan fingerprint density at radius 3 is 2.71 bits per heavy atom. The molecule has 1 N–H and O–H groups in total. The molecule has 130 valence electrons. The standard InChI is InChI=1S/C18H25N3O2S/c1-21(2)12-4-6-13(7-5-12)23-17-16-15-11(9-22)3-8-14(15)24-18(16)20-10-19-17/h10-13,22H,3-9H2,1-2H3/t11-,12-,13-/m0/s1. The van der Waals surface area contributed by atoms with E-state index in [1.54, 1.807) is 17.7 Å². The monoisotopic (exact) mass is 347 g/mol. The van der Waals surface area contributed by atoms with Gasteiger partial charge in [-0.15, -0.1) is 11.3 Å². The Morgan fingerprint density at radius 2 is 2.00 bits per heavy atom. The van der Waals surface area contributed by atoms with E-state index in [1.165, 1.54) is 23.3 Å². The van der Waals surface area contributed by atoms with E-state index in [-0.39, 0.29) is 18.6 Å². The summed E-state index contributed by atoms with van der Waals surface area (Å²) < 4.78 is 6.33. The molecule has 6 heteroatoms. The van der Waals surface area contributed by atoms with Crippen LogP contribution in [0.15, 0.2) is 6.33 Å². The first-order valence-corrected chi connectivity index (χ1v) is 9.69. The number of ether oxygens (including phenoxy) is 1. The number of aliphatic hydroxyl groups is 1. The minimum absolute atomic E-state index is 0.196. The molecular formula is C18H25N3O2S. The van der Waals surface area contributed by atoms with Crippen LogP contribution in [0.1, 0.15) is 48.5 Å². The third-order valence-electron chi connectivity index (χ3n) is 5.57. The molecule has 2 aromatic heterocycles. The van der Waals surface area contributed by atoms with Crippen LogP contribution in [-0.4, -0.2) is 52.8 Å². The fraction of sp³-hybridized carbons (Fsp3) is 0.667. The summed E-state index contributed by atoms with van der Waals surface area (Å²) in [7, 11) is 4.31. The Balaban J connectivity index is 1.59. The SMILES string of the molecule is CN(C)[C@H]1CC[C@H](Oc2ncnc3sc4c(c23)[C@H](CO)CC4)CC1. The third kappa shape index (κ3) is 2.80. The van der Waals surface area contributed by atoms with Crippen molar-refractivity contribution in [3.05, 3.63) is 16.8 Å². The predicted octanol–water partition coefficient (Wildman–Crippen LogP) is 2.97. The van der Waals surface area contributed by atoms with Gasteiger partial charge < -0.3 is 14.7 Å². The van der Waals surface area contributed by atoms with Gasteiger partial charge in [-0.2, -0.15) is 0 Å². The zero-order valence-electron chi connectivity index (χ0n) is 14.4. The Bertz CT molecular complexity index is 722. The smallest absolute Gasteiger partial charge is 0.225 e. The molecule has 1 atom stereocenters. The Morgan fingerprint density at radius 1 is 1.21 bits per heavy atom. The average molecular weight is 347 g/mol. The van der Waals surface area contributed by atoms with Gasteiger partial charge in [0.05, 0.1) is 12.0 Å². The summed E-state index contributed by atoms with van der Waals surface area (Å²) in [5.41, 5.74) is 1.25. The van der Waals surface area contributed by atoms with E-state index in [1.807, 2.05) is 0 Å². The van der Waals surface area contributed by atoms with Crippen LogP contribution in [0.2, 0.25) is 0 Å². The van der Waals surface area contributed by atoms with Crippen LogP contribution in [0.25, 0.3) is 10.2 Å². The zero-order chi connectivity index (χ0) is 16.7. The van der Waals surface area contributed by atoms with Gasteiger partial charge in [-0.3, -0.25) is 0 Å². The average Bonchev–Trinajstić information content (AvgIpc) is 3.14. The second kappa shape index (κ2) is 6.58. The molecule has 24 heavy (non-hydrogen) atoms. The lowest BCUT2D eigenvalue weighted by atomic mass is 9.92. The van der Waals surface area contributed by atoms with E-state index >= 15 is 0 Å². The lowest BCUT2D eigenvalue weighted by Gasteiger charge is -2.32. The Hall–Kier alpha value is -1.24. The molecular weight excluding hydrogens is 322 g/mol. The van der Waals surface area contributed by atoms with E-state index in [9.17, 15) is 5.11 Å². The highest BCUT2D eigenvalue weighted by molar-refractivity contribution is 7.19. The number of fused-ring (bicyclic) bond motifs is 3. The number of hydrogen-bond acceptors (Lipinski definition) is 6. The van der Waals surface area contributed by atoms with Crippen molar-refractivity contribution in [1.29, 1.82) is 0 Å². The van der Waals surface area contributed by atoms with E-state index < -0.39 is 0 Å². The maximum Gasteiger partial charge on any atom is 0.225 e. The van der Waals surface area contributed by atoms with Crippen molar-refractivity contribution in [1.82, 2.24) is 14.9 Å². The van der Waals surface area contributed by atoms with Gasteiger partial charge in [-0.1, -0.05) is 0 Å².